The summed E-state index contributed by atoms with van der Waals surface area (Å²) >= 11 is 0. The first-order chi connectivity index (χ1) is 16.6. The van der Waals surface area contributed by atoms with Gasteiger partial charge in [0.1, 0.15) is 11.5 Å². The minimum absolute atomic E-state index is 0. The maximum Gasteiger partial charge on any atom is 1.00 e. The van der Waals surface area contributed by atoms with Crippen molar-refractivity contribution in [3.8, 4) is 11.5 Å². The van der Waals surface area contributed by atoms with E-state index < -0.39 is 22.5 Å². The molecule has 3 rings (SSSR count). The molecule has 2 N–H and O–H groups in total. The first-order valence-corrected chi connectivity index (χ1v) is 11.9. The van der Waals surface area contributed by atoms with E-state index in [-0.39, 0.29) is 59.0 Å². The predicted octanol–water partition coefficient (Wildman–Crippen LogP) is 1.13. The molecule has 3 aromatic carbocycles. The molecule has 0 spiro atoms. The van der Waals surface area contributed by atoms with Gasteiger partial charge in [-0.2, -0.15) is 0 Å². The summed E-state index contributed by atoms with van der Waals surface area (Å²) in [4.78, 5) is 25.1. The number of nitrogens with one attached hydrogen (secondary N) is 2. The van der Waals surface area contributed by atoms with Gasteiger partial charge in [-0.05, 0) is 67.7 Å². The second kappa shape index (κ2) is 13.5. The molecule has 0 aliphatic heterocycles. The summed E-state index contributed by atoms with van der Waals surface area (Å²) in [6.45, 7) is 7.47. The van der Waals surface area contributed by atoms with E-state index in [1.807, 2.05) is 52.0 Å². The van der Waals surface area contributed by atoms with Gasteiger partial charge in [-0.15, -0.1) is 0 Å². The summed E-state index contributed by atoms with van der Waals surface area (Å²) in [5.74, 6) is 0.0775. The molecule has 0 aliphatic carbocycles. The zero-order chi connectivity index (χ0) is 25.5. The average molecular weight is 519 g/mol. The van der Waals surface area contributed by atoms with Crippen molar-refractivity contribution in [1.29, 1.82) is 0 Å². The summed E-state index contributed by atoms with van der Waals surface area (Å²) in [6, 6.07) is 15.0. The fourth-order valence-corrected chi connectivity index (χ4v) is 3.89. The summed E-state index contributed by atoms with van der Waals surface area (Å²) in [6.07, 6.45) is 0. The van der Waals surface area contributed by atoms with Gasteiger partial charge in [0.2, 0.25) is 0 Å². The molecular formula is C26H27N2NaO6S. The summed E-state index contributed by atoms with van der Waals surface area (Å²) in [5, 5.41) is 5.16. The smallest absolute Gasteiger partial charge is 0.473 e. The Bertz CT molecular complexity index is 1240. The molecule has 0 aromatic heterocycles. The maximum atomic E-state index is 12.6. The predicted molar refractivity (Wildman–Crippen MR) is 131 cm³/mol. The van der Waals surface area contributed by atoms with Crippen molar-refractivity contribution < 1.29 is 57.0 Å². The van der Waals surface area contributed by atoms with Crippen LogP contribution in [0.25, 0.3) is 0 Å². The number of carbonyl (C=O) groups excluding carboxylic acids is 2. The third-order valence-electron chi connectivity index (χ3n) is 5.21. The molecule has 36 heavy (non-hydrogen) atoms. The van der Waals surface area contributed by atoms with Crippen molar-refractivity contribution in [2.75, 3.05) is 13.5 Å². The van der Waals surface area contributed by atoms with E-state index in [0.717, 1.165) is 22.3 Å². The number of benzene rings is 3. The van der Waals surface area contributed by atoms with E-state index in [2.05, 4.69) is 10.6 Å². The standard InChI is InChI=1S/C26H27N2O6S.Na/c1-16-5-7-23(18(3)9-16)33-14-27-25(29)20-11-21(13-22(12-20)35(31)32)26(30)28-15-34-24-8-6-17(2)10-19(24)4;/h5-13H,14-15H2,1-4H3,(H,27,29)(H,28,30);/q-1;+1. The Labute approximate surface area is 234 Å². The van der Waals surface area contributed by atoms with Crippen LogP contribution in [0.5, 0.6) is 11.5 Å². The largest absolute Gasteiger partial charge is 1.00 e. The van der Waals surface area contributed by atoms with Gasteiger partial charge in [0.25, 0.3) is 11.8 Å². The molecule has 0 heterocycles. The van der Waals surface area contributed by atoms with Crippen LogP contribution < -0.4 is 49.7 Å². The molecule has 0 fully saturated rings. The second-order valence-corrected chi connectivity index (χ2v) is 9.05. The zero-order valence-corrected chi connectivity index (χ0v) is 23.8. The molecule has 0 bridgehead atoms. The average Bonchev–Trinajstić information content (AvgIpc) is 2.81. The number of amides is 2. The topological polar surface area (TPSA) is 111 Å². The minimum atomic E-state index is -2.64. The molecule has 0 saturated carbocycles. The molecule has 0 aliphatic rings. The fraction of sp³-hybridized carbons (Fsp3) is 0.231. The van der Waals surface area contributed by atoms with Crippen LogP contribution >= 0.6 is 0 Å². The van der Waals surface area contributed by atoms with Gasteiger partial charge in [0.15, 0.2) is 13.5 Å². The van der Waals surface area contributed by atoms with E-state index in [0.29, 0.717) is 11.5 Å². The molecule has 184 valence electrons. The van der Waals surface area contributed by atoms with Crippen molar-refractivity contribution in [1.82, 2.24) is 10.6 Å². The van der Waals surface area contributed by atoms with Crippen LogP contribution in [0.2, 0.25) is 0 Å². The first kappa shape index (κ1) is 29.4. The number of carbonyl (C=O) groups is 2. The van der Waals surface area contributed by atoms with Crippen molar-refractivity contribution in [2.24, 2.45) is 0 Å². The third-order valence-corrected chi connectivity index (χ3v) is 5.83. The molecule has 8 nitrogen and oxygen atoms in total. The third kappa shape index (κ3) is 8.09. The monoisotopic (exact) mass is 518 g/mol. The van der Waals surface area contributed by atoms with Gasteiger partial charge < -0.3 is 28.5 Å². The minimum Gasteiger partial charge on any atom is -0.473 e. The molecule has 0 saturated heterocycles. The van der Waals surface area contributed by atoms with Gasteiger partial charge in [-0.1, -0.05) is 52.4 Å². The summed E-state index contributed by atoms with van der Waals surface area (Å²) in [7, 11) is -2.64. The Morgan fingerprint density at radius 2 is 1.11 bits per heavy atom. The van der Waals surface area contributed by atoms with Crippen LogP contribution in [-0.4, -0.2) is 25.3 Å². The van der Waals surface area contributed by atoms with Gasteiger partial charge in [-0.3, -0.25) is 9.59 Å². The van der Waals surface area contributed by atoms with E-state index in [1.165, 1.54) is 18.2 Å². The van der Waals surface area contributed by atoms with Crippen LogP contribution in [0, 0.1) is 27.7 Å². The molecular weight excluding hydrogens is 491 g/mol. The Kier molecular flexibility index (Phi) is 11.0. The molecule has 2 amide bonds. The van der Waals surface area contributed by atoms with Crippen LogP contribution in [0.4, 0.5) is 0 Å². The van der Waals surface area contributed by atoms with Gasteiger partial charge in [-0.25, -0.2) is 0 Å². The number of rotatable bonds is 9. The summed E-state index contributed by atoms with van der Waals surface area (Å²) < 4.78 is 34.3. The van der Waals surface area contributed by atoms with E-state index in [9.17, 15) is 18.0 Å². The van der Waals surface area contributed by atoms with Crippen molar-refractivity contribution in [2.45, 2.75) is 32.6 Å². The molecule has 0 atom stereocenters. The van der Waals surface area contributed by atoms with Crippen LogP contribution in [0.15, 0.2) is 59.5 Å². The van der Waals surface area contributed by atoms with E-state index >= 15 is 0 Å². The van der Waals surface area contributed by atoms with Gasteiger partial charge in [0, 0.05) is 11.1 Å². The normalized spacial score (nSPS) is 10.4. The quantitative estimate of drug-likeness (QED) is 0.250. The Hall–Kier alpha value is -2.85. The fourth-order valence-electron chi connectivity index (χ4n) is 3.44. The first-order valence-electron chi connectivity index (χ1n) is 10.8. The number of ether oxygens (including phenoxy) is 2. The number of hydrogen-bond acceptors (Lipinski definition) is 7. The van der Waals surface area contributed by atoms with Crippen LogP contribution in [-0.2, 0) is 19.1 Å². The zero-order valence-electron chi connectivity index (χ0n) is 21.0. The van der Waals surface area contributed by atoms with Crippen molar-refractivity contribution in [3.63, 3.8) is 0 Å². The number of hydrogen-bond donors (Lipinski definition) is 2. The summed E-state index contributed by atoms with van der Waals surface area (Å²) in [5.41, 5.74) is 4.04. The van der Waals surface area contributed by atoms with Crippen LogP contribution in [0.3, 0.4) is 0 Å². The van der Waals surface area contributed by atoms with E-state index in [1.54, 1.807) is 12.1 Å². The van der Waals surface area contributed by atoms with Crippen LogP contribution in [0.1, 0.15) is 43.0 Å². The molecule has 10 heteroatoms. The SMILES string of the molecule is Cc1ccc(OCNC(=O)c2cc(C(=O)NCOc3ccc(C)cc3C)cc([S-](=O)=O)c2)c(C)c1.[Na+]. The Balaban J connectivity index is 0.00000456. The van der Waals surface area contributed by atoms with Crippen molar-refractivity contribution in [3.05, 3.63) is 88.0 Å². The maximum absolute atomic E-state index is 12.6. The van der Waals surface area contributed by atoms with Gasteiger partial charge >= 0.3 is 29.6 Å². The van der Waals surface area contributed by atoms with E-state index in [4.69, 9.17) is 9.47 Å². The molecule has 3 aromatic rings. The van der Waals surface area contributed by atoms with Gasteiger partial charge in [0.05, 0.1) is 0 Å². The second-order valence-electron chi connectivity index (χ2n) is 8.11. The Morgan fingerprint density at radius 1 is 0.694 bits per heavy atom. The molecule has 0 unspecified atom stereocenters. The Morgan fingerprint density at radius 3 is 1.47 bits per heavy atom. The molecule has 0 radical (unpaired) electrons. The number of aryl methyl sites for hydroxylation is 4. The van der Waals surface area contributed by atoms with Crippen molar-refractivity contribution >= 4 is 22.5 Å².